The lowest BCUT2D eigenvalue weighted by molar-refractivity contribution is -0.128. The van der Waals surface area contributed by atoms with E-state index in [4.69, 9.17) is 4.74 Å². The van der Waals surface area contributed by atoms with Gasteiger partial charge in [0, 0.05) is 45.2 Å². The third-order valence-corrected chi connectivity index (χ3v) is 5.81. The second-order valence-corrected chi connectivity index (χ2v) is 8.38. The molecule has 0 atom stereocenters. The van der Waals surface area contributed by atoms with E-state index in [1.807, 2.05) is 23.1 Å². The predicted octanol–water partition coefficient (Wildman–Crippen LogP) is 4.08. The summed E-state index contributed by atoms with van der Waals surface area (Å²) >= 11 is 0. The van der Waals surface area contributed by atoms with Gasteiger partial charge in [-0.25, -0.2) is 0 Å². The molecule has 0 bridgehead atoms. The fourth-order valence-electron chi connectivity index (χ4n) is 3.80. The minimum absolute atomic E-state index is 0. The monoisotopic (exact) mass is 548 g/mol. The van der Waals surface area contributed by atoms with E-state index in [0.29, 0.717) is 26.1 Å². The number of ether oxygens (including phenoxy) is 1. The van der Waals surface area contributed by atoms with Gasteiger partial charge in [-0.1, -0.05) is 42.5 Å². The van der Waals surface area contributed by atoms with Crippen molar-refractivity contribution in [2.24, 2.45) is 10.9 Å². The molecule has 1 saturated heterocycles. The van der Waals surface area contributed by atoms with Gasteiger partial charge in [0.25, 0.3) is 0 Å². The fraction of sp³-hybridized carbons (Fsp3) is 0.440. The van der Waals surface area contributed by atoms with Gasteiger partial charge in [-0.3, -0.25) is 9.79 Å². The molecule has 1 aliphatic carbocycles. The summed E-state index contributed by atoms with van der Waals surface area (Å²) in [4.78, 5) is 18.2. The highest BCUT2D eigenvalue weighted by Crippen LogP contribution is 2.30. The molecule has 1 amide bonds. The number of nitrogens with zero attached hydrogens (tertiary/aromatic N) is 2. The van der Waals surface area contributed by atoms with E-state index in [2.05, 4.69) is 46.0 Å². The van der Waals surface area contributed by atoms with Crippen molar-refractivity contribution in [3.63, 3.8) is 0 Å². The van der Waals surface area contributed by atoms with Crippen molar-refractivity contribution < 1.29 is 9.53 Å². The van der Waals surface area contributed by atoms with Crippen molar-refractivity contribution >= 4 is 35.8 Å². The summed E-state index contributed by atoms with van der Waals surface area (Å²) in [5, 5.41) is 6.77. The summed E-state index contributed by atoms with van der Waals surface area (Å²) < 4.78 is 6.00. The average Bonchev–Trinajstić information content (AvgIpc) is 3.54. The number of likely N-dealkylation sites (tertiary alicyclic amines) is 1. The molecule has 4 rings (SSSR count). The van der Waals surface area contributed by atoms with Crippen LogP contribution in [0.3, 0.4) is 0 Å². The zero-order valence-corrected chi connectivity index (χ0v) is 21.0. The lowest BCUT2D eigenvalue weighted by Crippen LogP contribution is -2.36. The van der Waals surface area contributed by atoms with Crippen LogP contribution in [0.2, 0.25) is 0 Å². The van der Waals surface area contributed by atoms with Gasteiger partial charge in [0.15, 0.2) is 5.96 Å². The lowest BCUT2D eigenvalue weighted by Gasteiger charge is -2.17. The van der Waals surface area contributed by atoms with Crippen LogP contribution in [-0.2, 0) is 24.4 Å². The second kappa shape index (κ2) is 12.1. The summed E-state index contributed by atoms with van der Waals surface area (Å²) in [6.45, 7) is 3.68. The van der Waals surface area contributed by atoms with E-state index in [-0.39, 0.29) is 29.9 Å². The van der Waals surface area contributed by atoms with Gasteiger partial charge in [0.2, 0.25) is 5.91 Å². The fourth-order valence-corrected chi connectivity index (χ4v) is 3.80. The molecule has 2 aromatic rings. The number of halogens is 1. The number of nitrogens with one attached hydrogen (secondary N) is 2. The van der Waals surface area contributed by atoms with Gasteiger partial charge in [0.05, 0.1) is 6.61 Å². The van der Waals surface area contributed by atoms with E-state index in [1.165, 1.54) is 24.0 Å². The topological polar surface area (TPSA) is 66.0 Å². The van der Waals surface area contributed by atoms with Crippen LogP contribution in [0.1, 0.15) is 42.4 Å². The third kappa shape index (κ3) is 7.12. The Morgan fingerprint density at radius 3 is 2.62 bits per heavy atom. The molecule has 2 aromatic carbocycles. The van der Waals surface area contributed by atoms with Gasteiger partial charge < -0.3 is 20.3 Å². The molecule has 1 saturated carbocycles. The second-order valence-electron chi connectivity index (χ2n) is 8.38. The Labute approximate surface area is 207 Å². The smallest absolute Gasteiger partial charge is 0.222 e. The van der Waals surface area contributed by atoms with E-state index in [0.717, 1.165) is 42.8 Å². The minimum atomic E-state index is 0. The van der Waals surface area contributed by atoms with Crippen LogP contribution in [0.25, 0.3) is 0 Å². The van der Waals surface area contributed by atoms with Crippen molar-refractivity contribution in [3.8, 4) is 5.75 Å². The molecular weight excluding hydrogens is 515 g/mol. The maximum atomic E-state index is 11.9. The number of benzene rings is 2. The molecule has 2 aliphatic rings. The molecular formula is C25H33IN4O2. The van der Waals surface area contributed by atoms with E-state index in [9.17, 15) is 4.79 Å². The number of rotatable bonds is 9. The normalized spacial score (nSPS) is 16.0. The molecule has 0 unspecified atom stereocenters. The van der Waals surface area contributed by atoms with Gasteiger partial charge in [0.1, 0.15) is 5.75 Å². The summed E-state index contributed by atoms with van der Waals surface area (Å²) in [5.41, 5.74) is 3.46. The molecule has 32 heavy (non-hydrogen) atoms. The van der Waals surface area contributed by atoms with Crippen LogP contribution in [0.4, 0.5) is 0 Å². The van der Waals surface area contributed by atoms with E-state index < -0.39 is 0 Å². The van der Waals surface area contributed by atoms with Crippen LogP contribution in [0.5, 0.6) is 5.75 Å². The van der Waals surface area contributed by atoms with Crippen molar-refractivity contribution in [1.29, 1.82) is 0 Å². The Balaban J connectivity index is 0.00000289. The molecule has 0 spiro atoms. The summed E-state index contributed by atoms with van der Waals surface area (Å²) in [5.74, 6) is 2.68. The molecule has 1 aliphatic heterocycles. The number of hydrogen-bond donors (Lipinski definition) is 2. The van der Waals surface area contributed by atoms with Crippen molar-refractivity contribution in [3.05, 3.63) is 65.2 Å². The highest BCUT2D eigenvalue weighted by molar-refractivity contribution is 14.0. The predicted molar refractivity (Wildman–Crippen MR) is 138 cm³/mol. The first kappa shape index (κ1) is 24.4. The Kier molecular flexibility index (Phi) is 9.20. The Bertz CT molecular complexity index is 930. The van der Waals surface area contributed by atoms with E-state index >= 15 is 0 Å². The van der Waals surface area contributed by atoms with Crippen molar-refractivity contribution in [1.82, 2.24) is 15.5 Å². The van der Waals surface area contributed by atoms with Gasteiger partial charge in [-0.15, -0.1) is 24.0 Å². The molecule has 172 valence electrons. The summed E-state index contributed by atoms with van der Waals surface area (Å²) in [7, 11) is 1.78. The minimum Gasteiger partial charge on any atom is -0.493 e. The number of aliphatic imine (C=N–C) groups is 1. The number of hydrogen-bond acceptors (Lipinski definition) is 3. The molecule has 6 nitrogen and oxygen atoms in total. The number of para-hydroxylation sites is 1. The lowest BCUT2D eigenvalue weighted by atomic mass is 10.1. The first-order valence-corrected chi connectivity index (χ1v) is 11.2. The molecule has 2 fully saturated rings. The van der Waals surface area contributed by atoms with Gasteiger partial charge in [-0.2, -0.15) is 0 Å². The Morgan fingerprint density at radius 2 is 1.88 bits per heavy atom. The first-order chi connectivity index (χ1) is 15.2. The molecule has 1 heterocycles. The highest BCUT2D eigenvalue weighted by Gasteiger charge is 2.22. The van der Waals surface area contributed by atoms with Crippen molar-refractivity contribution in [2.45, 2.75) is 45.3 Å². The molecule has 7 heteroatoms. The highest BCUT2D eigenvalue weighted by atomic mass is 127. The van der Waals surface area contributed by atoms with Crippen LogP contribution in [-0.4, -0.2) is 37.0 Å². The van der Waals surface area contributed by atoms with E-state index in [1.54, 1.807) is 7.05 Å². The molecule has 0 aromatic heterocycles. The van der Waals surface area contributed by atoms with Crippen molar-refractivity contribution in [2.75, 3.05) is 20.2 Å². The summed E-state index contributed by atoms with van der Waals surface area (Å²) in [6.07, 6.45) is 4.22. The molecule has 2 N–H and O–H groups in total. The maximum Gasteiger partial charge on any atom is 0.222 e. The SMILES string of the molecule is CN=C(NCc1cccc(CN2CCCC2=O)c1)NCc1ccccc1OCC1CC1.I. The first-order valence-electron chi connectivity index (χ1n) is 11.2. The number of carbonyl (C=O) groups is 1. The van der Waals surface area contributed by atoms with Gasteiger partial charge >= 0.3 is 0 Å². The number of guanidine groups is 1. The Hall–Kier alpha value is -2.29. The van der Waals surface area contributed by atoms with Crippen LogP contribution in [0, 0.1) is 5.92 Å². The van der Waals surface area contributed by atoms with Crippen LogP contribution >= 0.6 is 24.0 Å². The summed E-state index contributed by atoms with van der Waals surface area (Å²) in [6, 6.07) is 16.6. The average molecular weight is 548 g/mol. The van der Waals surface area contributed by atoms with Gasteiger partial charge in [-0.05, 0) is 42.4 Å². The maximum absolute atomic E-state index is 11.9. The third-order valence-electron chi connectivity index (χ3n) is 5.81. The molecule has 0 radical (unpaired) electrons. The number of carbonyl (C=O) groups excluding carboxylic acids is 1. The largest absolute Gasteiger partial charge is 0.493 e. The quantitative estimate of drug-likeness (QED) is 0.282. The zero-order valence-electron chi connectivity index (χ0n) is 18.7. The standard InChI is InChI=1S/C25H32N4O2.HI/c1-26-25(28-16-22-8-2-3-9-23(22)31-18-19-11-12-19)27-15-20-6-4-7-21(14-20)17-29-13-5-10-24(29)30;/h2-4,6-9,14,19H,5,10-13,15-18H2,1H3,(H2,26,27,28);1H. The zero-order chi connectivity index (χ0) is 21.5. The van der Waals surface area contributed by atoms with Crippen LogP contribution in [0.15, 0.2) is 53.5 Å². The Morgan fingerprint density at radius 1 is 1.09 bits per heavy atom. The van der Waals surface area contributed by atoms with Crippen LogP contribution < -0.4 is 15.4 Å². The number of amides is 1.